The van der Waals surface area contributed by atoms with Crippen LogP contribution >= 0.6 is 0 Å². The number of nitrogens with one attached hydrogen (secondary N) is 3. The van der Waals surface area contributed by atoms with Crippen molar-refractivity contribution in [3.63, 3.8) is 0 Å². The fourth-order valence-corrected chi connectivity index (χ4v) is 3.16. The lowest BCUT2D eigenvalue weighted by atomic mass is 10.1. The molecule has 1 saturated heterocycles. The van der Waals surface area contributed by atoms with Gasteiger partial charge >= 0.3 is 12.1 Å². The third kappa shape index (κ3) is 5.47. The first kappa shape index (κ1) is 18.8. The number of likely N-dealkylation sites (tertiary alicyclic amines) is 1. The van der Waals surface area contributed by atoms with Gasteiger partial charge in [0.15, 0.2) is 0 Å². The molecule has 0 aliphatic carbocycles. The van der Waals surface area contributed by atoms with Crippen LogP contribution in [0.3, 0.4) is 0 Å². The second-order valence-electron chi connectivity index (χ2n) is 6.68. The Kier molecular flexibility index (Phi) is 6.30. The first-order chi connectivity index (χ1) is 13.1. The first-order valence-electron chi connectivity index (χ1n) is 9.20. The Labute approximate surface area is 158 Å². The standard InChI is InChI=1S/C19H26N6O2/c1-20-19(27)24-9-7-17(8-10-24)23-18(26)21-11-16-12-22-25(14-16)13-15-5-3-2-4-6-15/h2-6,12,14,17H,7-11,13H2,1H3,(H,20,27)(H2,21,23,26). The maximum Gasteiger partial charge on any atom is 0.317 e. The van der Waals surface area contributed by atoms with Crippen molar-refractivity contribution < 1.29 is 9.59 Å². The zero-order chi connectivity index (χ0) is 19.1. The summed E-state index contributed by atoms with van der Waals surface area (Å²) in [5.74, 6) is 0. The van der Waals surface area contributed by atoms with Crippen molar-refractivity contribution in [2.75, 3.05) is 20.1 Å². The van der Waals surface area contributed by atoms with Gasteiger partial charge in [0, 0.05) is 44.5 Å². The van der Waals surface area contributed by atoms with Crippen molar-refractivity contribution in [2.24, 2.45) is 0 Å². The second kappa shape index (κ2) is 9.07. The van der Waals surface area contributed by atoms with Crippen LogP contribution in [-0.2, 0) is 13.1 Å². The molecule has 0 saturated carbocycles. The number of urea groups is 2. The molecule has 3 rings (SSSR count). The molecule has 1 fully saturated rings. The maximum atomic E-state index is 12.1. The van der Waals surface area contributed by atoms with E-state index in [1.54, 1.807) is 18.1 Å². The van der Waals surface area contributed by atoms with E-state index >= 15 is 0 Å². The Hall–Kier alpha value is -3.03. The highest BCUT2D eigenvalue weighted by atomic mass is 16.2. The summed E-state index contributed by atoms with van der Waals surface area (Å²) in [5, 5.41) is 12.8. The van der Waals surface area contributed by atoms with E-state index in [0.29, 0.717) is 26.2 Å². The Morgan fingerprint density at radius 1 is 1.15 bits per heavy atom. The fraction of sp³-hybridized carbons (Fsp3) is 0.421. The van der Waals surface area contributed by atoms with Crippen LogP contribution in [0.5, 0.6) is 0 Å². The summed E-state index contributed by atoms with van der Waals surface area (Å²) in [6.07, 6.45) is 5.23. The lowest BCUT2D eigenvalue weighted by molar-refractivity contribution is 0.178. The molecular formula is C19H26N6O2. The van der Waals surface area contributed by atoms with E-state index < -0.39 is 0 Å². The monoisotopic (exact) mass is 370 g/mol. The minimum absolute atomic E-state index is 0.0644. The molecule has 0 unspecified atom stereocenters. The topological polar surface area (TPSA) is 91.3 Å². The zero-order valence-corrected chi connectivity index (χ0v) is 15.5. The predicted octanol–water partition coefficient (Wildman–Crippen LogP) is 1.53. The van der Waals surface area contributed by atoms with Crippen molar-refractivity contribution in [2.45, 2.75) is 32.0 Å². The van der Waals surface area contributed by atoms with E-state index in [4.69, 9.17) is 0 Å². The molecule has 0 radical (unpaired) electrons. The number of hydrogen-bond donors (Lipinski definition) is 3. The van der Waals surface area contributed by atoms with Crippen LogP contribution in [0, 0.1) is 0 Å². The van der Waals surface area contributed by atoms with Gasteiger partial charge in [-0.15, -0.1) is 0 Å². The van der Waals surface area contributed by atoms with Crippen molar-refractivity contribution in [1.29, 1.82) is 0 Å². The van der Waals surface area contributed by atoms with Gasteiger partial charge in [-0.2, -0.15) is 5.10 Å². The summed E-state index contributed by atoms with van der Waals surface area (Å²) in [7, 11) is 1.63. The Balaban J connectivity index is 1.39. The molecule has 0 atom stereocenters. The molecule has 8 heteroatoms. The van der Waals surface area contributed by atoms with Crippen LogP contribution in [0.1, 0.15) is 24.0 Å². The largest absolute Gasteiger partial charge is 0.341 e. The van der Waals surface area contributed by atoms with Crippen LogP contribution < -0.4 is 16.0 Å². The smallest absolute Gasteiger partial charge is 0.317 e. The number of rotatable bonds is 5. The molecule has 2 heterocycles. The zero-order valence-electron chi connectivity index (χ0n) is 15.5. The fourth-order valence-electron chi connectivity index (χ4n) is 3.16. The third-order valence-corrected chi connectivity index (χ3v) is 4.66. The molecule has 2 aromatic rings. The van der Waals surface area contributed by atoms with E-state index in [-0.39, 0.29) is 18.1 Å². The van der Waals surface area contributed by atoms with E-state index in [0.717, 1.165) is 18.4 Å². The Bertz CT molecular complexity index is 753. The van der Waals surface area contributed by atoms with Gasteiger partial charge in [0.25, 0.3) is 0 Å². The summed E-state index contributed by atoms with van der Waals surface area (Å²) in [5.41, 5.74) is 2.14. The van der Waals surface area contributed by atoms with Crippen LogP contribution in [0.25, 0.3) is 0 Å². The SMILES string of the molecule is CNC(=O)N1CCC(NC(=O)NCc2cnn(Cc3ccccc3)c2)CC1. The lowest BCUT2D eigenvalue weighted by Crippen LogP contribution is -2.50. The normalized spacial score (nSPS) is 14.6. The van der Waals surface area contributed by atoms with Crippen molar-refractivity contribution >= 4 is 12.1 Å². The van der Waals surface area contributed by atoms with E-state index in [2.05, 4.69) is 33.2 Å². The summed E-state index contributed by atoms with van der Waals surface area (Å²) in [6.45, 7) is 2.43. The van der Waals surface area contributed by atoms with Crippen LogP contribution in [0.4, 0.5) is 9.59 Å². The Morgan fingerprint density at radius 3 is 2.59 bits per heavy atom. The number of hydrogen-bond acceptors (Lipinski definition) is 3. The van der Waals surface area contributed by atoms with Gasteiger partial charge in [0.1, 0.15) is 0 Å². The summed E-state index contributed by atoms with van der Waals surface area (Å²) in [6, 6.07) is 9.95. The highest BCUT2D eigenvalue weighted by Crippen LogP contribution is 2.10. The molecule has 27 heavy (non-hydrogen) atoms. The number of aromatic nitrogens is 2. The highest BCUT2D eigenvalue weighted by molar-refractivity contribution is 5.75. The average Bonchev–Trinajstić information content (AvgIpc) is 3.14. The highest BCUT2D eigenvalue weighted by Gasteiger charge is 2.23. The van der Waals surface area contributed by atoms with E-state index in [1.165, 1.54) is 5.56 Å². The molecule has 1 aromatic heterocycles. The summed E-state index contributed by atoms with van der Waals surface area (Å²) in [4.78, 5) is 25.5. The third-order valence-electron chi connectivity index (χ3n) is 4.66. The molecule has 4 amide bonds. The Morgan fingerprint density at radius 2 is 1.89 bits per heavy atom. The van der Waals surface area contributed by atoms with Crippen LogP contribution in [-0.4, -0.2) is 52.9 Å². The molecule has 1 aromatic carbocycles. The number of nitrogens with zero attached hydrogens (tertiary/aromatic N) is 3. The van der Waals surface area contributed by atoms with Gasteiger partial charge < -0.3 is 20.9 Å². The van der Waals surface area contributed by atoms with Crippen molar-refractivity contribution in [3.05, 3.63) is 53.9 Å². The number of amides is 4. The van der Waals surface area contributed by atoms with Crippen molar-refractivity contribution in [1.82, 2.24) is 30.6 Å². The molecule has 0 bridgehead atoms. The quantitative estimate of drug-likeness (QED) is 0.745. The second-order valence-corrected chi connectivity index (χ2v) is 6.68. The molecule has 1 aliphatic heterocycles. The summed E-state index contributed by atoms with van der Waals surface area (Å²) < 4.78 is 1.86. The van der Waals surface area contributed by atoms with Crippen molar-refractivity contribution in [3.8, 4) is 0 Å². The molecular weight excluding hydrogens is 344 g/mol. The number of piperidine rings is 1. The average molecular weight is 370 g/mol. The van der Waals surface area contributed by atoms with Crippen LogP contribution in [0.2, 0.25) is 0 Å². The van der Waals surface area contributed by atoms with E-state index in [9.17, 15) is 9.59 Å². The van der Waals surface area contributed by atoms with Gasteiger partial charge in [0.05, 0.1) is 12.7 Å². The number of benzene rings is 1. The molecule has 3 N–H and O–H groups in total. The summed E-state index contributed by atoms with van der Waals surface area (Å²) >= 11 is 0. The van der Waals surface area contributed by atoms with Gasteiger partial charge in [0.2, 0.25) is 0 Å². The van der Waals surface area contributed by atoms with Gasteiger partial charge in [-0.1, -0.05) is 30.3 Å². The number of carbonyl (C=O) groups excluding carboxylic acids is 2. The molecule has 1 aliphatic rings. The van der Waals surface area contributed by atoms with Gasteiger partial charge in [-0.25, -0.2) is 9.59 Å². The minimum atomic E-state index is -0.191. The minimum Gasteiger partial charge on any atom is -0.341 e. The molecule has 144 valence electrons. The first-order valence-corrected chi connectivity index (χ1v) is 9.20. The van der Waals surface area contributed by atoms with Gasteiger partial charge in [-0.3, -0.25) is 4.68 Å². The maximum absolute atomic E-state index is 12.1. The van der Waals surface area contributed by atoms with Gasteiger partial charge in [-0.05, 0) is 18.4 Å². The van der Waals surface area contributed by atoms with E-state index in [1.807, 2.05) is 29.1 Å². The van der Waals surface area contributed by atoms with Crippen LogP contribution in [0.15, 0.2) is 42.7 Å². The lowest BCUT2D eigenvalue weighted by Gasteiger charge is -2.32. The molecule has 8 nitrogen and oxygen atoms in total. The molecule has 0 spiro atoms. The predicted molar refractivity (Wildman–Crippen MR) is 102 cm³/mol. The number of carbonyl (C=O) groups is 2.